The van der Waals surface area contributed by atoms with Crippen LogP contribution in [0.3, 0.4) is 0 Å². The summed E-state index contributed by atoms with van der Waals surface area (Å²) in [6.45, 7) is 0. The third-order valence-corrected chi connectivity index (χ3v) is 4.06. The normalized spacial score (nSPS) is 11.0. The van der Waals surface area contributed by atoms with Gasteiger partial charge in [0.15, 0.2) is 0 Å². The Labute approximate surface area is 138 Å². The molecule has 3 aromatic carbocycles. The summed E-state index contributed by atoms with van der Waals surface area (Å²) in [6.07, 6.45) is 0. The van der Waals surface area contributed by atoms with E-state index in [9.17, 15) is 0 Å². The number of anilines is 3. The van der Waals surface area contributed by atoms with Crippen molar-refractivity contribution in [3.05, 3.63) is 71.8 Å². The fourth-order valence-electron chi connectivity index (χ4n) is 2.71. The molecule has 0 bridgehead atoms. The molecule has 112 valence electrons. The van der Waals surface area contributed by atoms with E-state index >= 15 is 0 Å². The third-order valence-electron chi connectivity index (χ3n) is 3.82. The van der Waals surface area contributed by atoms with Gasteiger partial charge in [-0.15, -0.1) is 0 Å². The van der Waals surface area contributed by atoms with Crippen LogP contribution >= 0.6 is 11.6 Å². The van der Waals surface area contributed by atoms with E-state index < -0.39 is 0 Å². The van der Waals surface area contributed by atoms with Gasteiger partial charge in [0.1, 0.15) is 0 Å². The maximum atomic E-state index is 6.13. The number of para-hydroxylation sites is 1. The van der Waals surface area contributed by atoms with Crippen LogP contribution in [-0.2, 0) is 0 Å². The van der Waals surface area contributed by atoms with Gasteiger partial charge in [0.2, 0.25) is 0 Å². The number of halogens is 1. The van der Waals surface area contributed by atoms with Gasteiger partial charge < -0.3 is 11.1 Å². The van der Waals surface area contributed by atoms with Crippen LogP contribution in [0.1, 0.15) is 0 Å². The number of pyridine rings is 1. The Hall–Kier alpha value is -2.78. The fraction of sp³-hybridized carbons (Fsp3) is 0. The van der Waals surface area contributed by atoms with Gasteiger partial charge in [-0.1, -0.05) is 29.8 Å². The first-order valence-corrected chi connectivity index (χ1v) is 7.69. The zero-order chi connectivity index (χ0) is 15.8. The number of nitrogens with two attached hydrogens (primary N) is 1. The van der Waals surface area contributed by atoms with Crippen LogP contribution in [-0.4, -0.2) is 4.98 Å². The lowest BCUT2D eigenvalue weighted by Gasteiger charge is -2.13. The summed E-state index contributed by atoms with van der Waals surface area (Å²) in [5.74, 6) is 0. The first kappa shape index (κ1) is 13.9. The molecule has 0 aliphatic rings. The number of aromatic nitrogens is 1. The van der Waals surface area contributed by atoms with Crippen LogP contribution in [0.25, 0.3) is 21.8 Å². The van der Waals surface area contributed by atoms with E-state index in [4.69, 9.17) is 22.3 Å². The molecule has 3 N–H and O–H groups in total. The molecule has 0 saturated heterocycles. The topological polar surface area (TPSA) is 50.9 Å². The lowest BCUT2D eigenvalue weighted by Crippen LogP contribution is -1.95. The maximum Gasteiger partial charge on any atom is 0.0745 e. The summed E-state index contributed by atoms with van der Waals surface area (Å²) in [6, 6.07) is 21.5. The molecule has 0 saturated carbocycles. The van der Waals surface area contributed by atoms with E-state index in [1.165, 1.54) is 0 Å². The molecular weight excluding hydrogens is 306 g/mol. The number of nitrogens with one attached hydrogen (secondary N) is 1. The van der Waals surface area contributed by atoms with Crippen LogP contribution in [0, 0.1) is 0 Å². The van der Waals surface area contributed by atoms with Gasteiger partial charge in [-0.05, 0) is 48.5 Å². The van der Waals surface area contributed by atoms with Gasteiger partial charge in [0.05, 0.1) is 16.7 Å². The molecular formula is C19H14ClN3. The van der Waals surface area contributed by atoms with Crippen molar-refractivity contribution in [2.75, 3.05) is 11.1 Å². The van der Waals surface area contributed by atoms with Crippen molar-refractivity contribution in [1.82, 2.24) is 4.98 Å². The number of fused-ring (bicyclic) bond motifs is 2. The molecule has 0 aliphatic heterocycles. The van der Waals surface area contributed by atoms with Crippen LogP contribution in [0.4, 0.5) is 17.1 Å². The SMILES string of the molecule is Nc1ccc(Nc2c3ccccc3nc3cc(Cl)ccc23)cc1. The first-order valence-electron chi connectivity index (χ1n) is 7.31. The van der Waals surface area contributed by atoms with Gasteiger partial charge in [-0.3, -0.25) is 0 Å². The van der Waals surface area contributed by atoms with Gasteiger partial charge >= 0.3 is 0 Å². The van der Waals surface area contributed by atoms with Crippen molar-refractivity contribution in [1.29, 1.82) is 0 Å². The van der Waals surface area contributed by atoms with E-state index in [2.05, 4.69) is 11.4 Å². The molecule has 4 rings (SSSR count). The molecule has 23 heavy (non-hydrogen) atoms. The Morgan fingerprint density at radius 2 is 1.57 bits per heavy atom. The highest BCUT2D eigenvalue weighted by Crippen LogP contribution is 2.34. The highest BCUT2D eigenvalue weighted by atomic mass is 35.5. The number of rotatable bonds is 2. The summed E-state index contributed by atoms with van der Waals surface area (Å²) in [5.41, 5.74) is 10.3. The molecule has 0 aliphatic carbocycles. The summed E-state index contributed by atoms with van der Waals surface area (Å²) in [4.78, 5) is 4.71. The minimum absolute atomic E-state index is 0.679. The predicted octanol–water partition coefficient (Wildman–Crippen LogP) is 5.37. The average molecular weight is 320 g/mol. The van der Waals surface area contributed by atoms with Crippen molar-refractivity contribution in [2.24, 2.45) is 0 Å². The van der Waals surface area contributed by atoms with Gasteiger partial charge in [-0.2, -0.15) is 0 Å². The second kappa shape index (κ2) is 5.45. The van der Waals surface area contributed by atoms with Crippen molar-refractivity contribution < 1.29 is 0 Å². The molecule has 1 aromatic heterocycles. The lowest BCUT2D eigenvalue weighted by molar-refractivity contribution is 1.48. The van der Waals surface area contributed by atoms with Crippen LogP contribution < -0.4 is 11.1 Å². The highest BCUT2D eigenvalue weighted by Gasteiger charge is 2.09. The summed E-state index contributed by atoms with van der Waals surface area (Å²) in [5, 5.41) is 6.28. The van der Waals surface area contributed by atoms with Crippen molar-refractivity contribution in [3.63, 3.8) is 0 Å². The summed E-state index contributed by atoms with van der Waals surface area (Å²) in [7, 11) is 0. The molecule has 0 fully saturated rings. The van der Waals surface area contributed by atoms with Crippen LogP contribution in [0.5, 0.6) is 0 Å². The number of nitrogens with zero attached hydrogens (tertiary/aromatic N) is 1. The van der Waals surface area contributed by atoms with E-state index in [1.807, 2.05) is 60.7 Å². The maximum absolute atomic E-state index is 6.13. The molecule has 0 amide bonds. The smallest absolute Gasteiger partial charge is 0.0745 e. The average Bonchev–Trinajstić information content (AvgIpc) is 2.56. The summed E-state index contributed by atoms with van der Waals surface area (Å²) >= 11 is 6.13. The fourth-order valence-corrected chi connectivity index (χ4v) is 2.88. The Morgan fingerprint density at radius 3 is 2.39 bits per heavy atom. The lowest BCUT2D eigenvalue weighted by atomic mass is 10.1. The number of hydrogen-bond donors (Lipinski definition) is 2. The number of nitrogen functional groups attached to an aromatic ring is 1. The minimum atomic E-state index is 0.679. The zero-order valence-electron chi connectivity index (χ0n) is 12.3. The Bertz CT molecular complexity index is 1010. The van der Waals surface area contributed by atoms with E-state index in [0.717, 1.165) is 38.9 Å². The summed E-state index contributed by atoms with van der Waals surface area (Å²) < 4.78 is 0. The number of benzene rings is 3. The van der Waals surface area contributed by atoms with Crippen LogP contribution in [0.15, 0.2) is 66.7 Å². The Kier molecular flexibility index (Phi) is 3.28. The van der Waals surface area contributed by atoms with Crippen molar-refractivity contribution in [2.45, 2.75) is 0 Å². The van der Waals surface area contributed by atoms with E-state index in [-0.39, 0.29) is 0 Å². The molecule has 3 nitrogen and oxygen atoms in total. The van der Waals surface area contributed by atoms with E-state index in [1.54, 1.807) is 0 Å². The van der Waals surface area contributed by atoms with Crippen molar-refractivity contribution >= 4 is 50.5 Å². The standard InChI is InChI=1S/C19H14ClN3/c20-12-5-10-16-18(11-12)23-17-4-2-1-3-15(17)19(16)22-14-8-6-13(21)7-9-14/h1-11H,21H2,(H,22,23). The Morgan fingerprint density at radius 1 is 0.826 bits per heavy atom. The van der Waals surface area contributed by atoms with E-state index in [0.29, 0.717) is 5.02 Å². The minimum Gasteiger partial charge on any atom is -0.399 e. The predicted molar refractivity (Wildman–Crippen MR) is 98.4 cm³/mol. The molecule has 0 radical (unpaired) electrons. The van der Waals surface area contributed by atoms with Crippen molar-refractivity contribution in [3.8, 4) is 0 Å². The second-order valence-corrected chi connectivity index (χ2v) is 5.85. The molecule has 0 unspecified atom stereocenters. The number of hydrogen-bond acceptors (Lipinski definition) is 3. The zero-order valence-corrected chi connectivity index (χ0v) is 13.0. The Balaban J connectivity index is 1.98. The highest BCUT2D eigenvalue weighted by molar-refractivity contribution is 6.31. The monoisotopic (exact) mass is 319 g/mol. The molecule has 4 aromatic rings. The molecule has 1 heterocycles. The second-order valence-electron chi connectivity index (χ2n) is 5.41. The van der Waals surface area contributed by atoms with Crippen LogP contribution in [0.2, 0.25) is 5.02 Å². The molecule has 0 spiro atoms. The first-order chi connectivity index (χ1) is 11.2. The molecule has 4 heteroatoms. The van der Waals surface area contributed by atoms with Gasteiger partial charge in [-0.25, -0.2) is 4.98 Å². The largest absolute Gasteiger partial charge is 0.399 e. The van der Waals surface area contributed by atoms with Gasteiger partial charge in [0, 0.05) is 27.2 Å². The quantitative estimate of drug-likeness (QED) is 0.386. The molecule has 0 atom stereocenters. The third kappa shape index (κ3) is 2.56. The van der Waals surface area contributed by atoms with Gasteiger partial charge in [0.25, 0.3) is 0 Å².